The van der Waals surface area contributed by atoms with Crippen molar-refractivity contribution in [1.82, 2.24) is 4.90 Å². The fourth-order valence-corrected chi connectivity index (χ4v) is 2.93. The molecule has 0 radical (unpaired) electrons. The number of thioether (sulfide) groups is 1. The summed E-state index contributed by atoms with van der Waals surface area (Å²) in [6, 6.07) is 0. The topological polar surface area (TPSA) is 90.0 Å². The Morgan fingerprint density at radius 2 is 2.32 bits per heavy atom. The summed E-state index contributed by atoms with van der Waals surface area (Å²) in [5.74, 6) is -1.12. The molecular formula is C11H9NO6S. The molecule has 0 aromatic carbocycles. The molecule has 100 valence electrons. The quantitative estimate of drug-likeness (QED) is 0.596. The van der Waals surface area contributed by atoms with Gasteiger partial charge in [0.05, 0.1) is 11.8 Å². The van der Waals surface area contributed by atoms with Crippen LogP contribution in [0.5, 0.6) is 0 Å². The standard InChI is InChI=1S/C11H9NO6S/c1-5-7(18-11(15)17-5)3-16-10(14)6-4-19-9-2-8(13)12(6)9/h4,9H,2-3H2,1H3/t9-/m1/s1. The summed E-state index contributed by atoms with van der Waals surface area (Å²) >= 11 is 1.41. The molecule has 1 saturated heterocycles. The summed E-state index contributed by atoms with van der Waals surface area (Å²) in [5, 5.41) is 1.62. The molecule has 1 aromatic rings. The molecule has 19 heavy (non-hydrogen) atoms. The Balaban J connectivity index is 1.65. The molecule has 0 N–H and O–H groups in total. The molecule has 2 aliphatic rings. The van der Waals surface area contributed by atoms with E-state index in [1.54, 1.807) is 5.41 Å². The zero-order valence-corrected chi connectivity index (χ0v) is 10.7. The second-order valence-corrected chi connectivity index (χ2v) is 5.12. The van der Waals surface area contributed by atoms with E-state index in [-0.39, 0.29) is 35.1 Å². The van der Waals surface area contributed by atoms with Gasteiger partial charge >= 0.3 is 11.8 Å². The highest BCUT2D eigenvalue weighted by molar-refractivity contribution is 8.03. The molecular weight excluding hydrogens is 274 g/mol. The maximum Gasteiger partial charge on any atom is 0.519 e. The zero-order chi connectivity index (χ0) is 13.6. The summed E-state index contributed by atoms with van der Waals surface area (Å²) < 4.78 is 14.3. The number of amides is 1. The molecule has 7 nitrogen and oxygen atoms in total. The highest BCUT2D eigenvalue weighted by Gasteiger charge is 2.45. The van der Waals surface area contributed by atoms with Crippen LogP contribution < -0.4 is 5.82 Å². The van der Waals surface area contributed by atoms with Crippen LogP contribution in [0.2, 0.25) is 0 Å². The average Bonchev–Trinajstić information content (AvgIpc) is 2.85. The van der Waals surface area contributed by atoms with Crippen molar-refractivity contribution in [3.8, 4) is 0 Å². The minimum absolute atomic E-state index is 0.0173. The van der Waals surface area contributed by atoms with Gasteiger partial charge in [0.2, 0.25) is 5.91 Å². The van der Waals surface area contributed by atoms with Gasteiger partial charge < -0.3 is 13.6 Å². The van der Waals surface area contributed by atoms with Crippen molar-refractivity contribution in [2.45, 2.75) is 25.3 Å². The van der Waals surface area contributed by atoms with Crippen molar-refractivity contribution < 1.29 is 23.2 Å². The van der Waals surface area contributed by atoms with E-state index >= 15 is 0 Å². The Hall–Kier alpha value is -1.96. The first-order chi connectivity index (χ1) is 9.06. The van der Waals surface area contributed by atoms with Crippen molar-refractivity contribution in [2.75, 3.05) is 0 Å². The van der Waals surface area contributed by atoms with E-state index in [4.69, 9.17) is 9.15 Å². The predicted octanol–water partition coefficient (Wildman–Crippen LogP) is 0.731. The summed E-state index contributed by atoms with van der Waals surface area (Å²) in [5.41, 5.74) is 0.231. The predicted molar refractivity (Wildman–Crippen MR) is 62.7 cm³/mol. The van der Waals surface area contributed by atoms with E-state index in [2.05, 4.69) is 4.42 Å². The fourth-order valence-electron chi connectivity index (χ4n) is 1.84. The number of carbonyl (C=O) groups is 2. The van der Waals surface area contributed by atoms with Crippen LogP contribution in [0.1, 0.15) is 17.9 Å². The molecule has 8 heteroatoms. The number of hydrogen-bond acceptors (Lipinski definition) is 7. The number of aryl methyl sites for hydroxylation is 1. The molecule has 0 aliphatic carbocycles. The summed E-state index contributed by atoms with van der Waals surface area (Å²) in [7, 11) is 0. The molecule has 1 fully saturated rings. The van der Waals surface area contributed by atoms with Gasteiger partial charge in [-0.05, 0) is 6.92 Å². The van der Waals surface area contributed by atoms with Gasteiger partial charge in [0.25, 0.3) is 0 Å². The van der Waals surface area contributed by atoms with Crippen molar-refractivity contribution in [3.05, 3.63) is 33.2 Å². The molecule has 0 bridgehead atoms. The van der Waals surface area contributed by atoms with Gasteiger partial charge in [0, 0.05) is 5.41 Å². The Bertz CT molecular complexity index is 642. The third kappa shape index (κ3) is 1.97. The van der Waals surface area contributed by atoms with Crippen molar-refractivity contribution in [3.63, 3.8) is 0 Å². The van der Waals surface area contributed by atoms with Crippen LogP contribution in [0.4, 0.5) is 0 Å². The molecule has 2 aliphatic heterocycles. The van der Waals surface area contributed by atoms with Crippen LogP contribution in [0, 0.1) is 6.92 Å². The highest BCUT2D eigenvalue weighted by Crippen LogP contribution is 2.41. The smallest absolute Gasteiger partial charge is 0.453 e. The number of carbonyl (C=O) groups excluding carboxylic acids is 2. The number of β-lactam (4-membered cyclic amide) rings is 1. The van der Waals surface area contributed by atoms with Gasteiger partial charge in [-0.15, -0.1) is 11.8 Å². The first kappa shape index (κ1) is 12.1. The van der Waals surface area contributed by atoms with E-state index in [1.165, 1.54) is 23.6 Å². The Labute approximate surface area is 111 Å². The van der Waals surface area contributed by atoms with Crippen LogP contribution in [-0.2, 0) is 20.9 Å². The Morgan fingerprint density at radius 3 is 2.95 bits per heavy atom. The average molecular weight is 283 g/mol. The monoisotopic (exact) mass is 283 g/mol. The van der Waals surface area contributed by atoms with Gasteiger partial charge in [-0.1, -0.05) is 0 Å². The summed E-state index contributed by atoms with van der Waals surface area (Å²) in [6.07, 6.45) is 0.438. The maximum atomic E-state index is 11.8. The summed E-state index contributed by atoms with van der Waals surface area (Å²) in [4.78, 5) is 35.4. The minimum Gasteiger partial charge on any atom is -0.453 e. The van der Waals surface area contributed by atoms with Crippen LogP contribution in [0.3, 0.4) is 0 Å². The first-order valence-electron chi connectivity index (χ1n) is 5.50. The van der Waals surface area contributed by atoms with Crippen molar-refractivity contribution in [1.29, 1.82) is 0 Å². The van der Waals surface area contributed by atoms with Gasteiger partial charge in [0.15, 0.2) is 18.1 Å². The maximum absolute atomic E-state index is 11.8. The minimum atomic E-state index is -0.836. The summed E-state index contributed by atoms with van der Waals surface area (Å²) in [6.45, 7) is 1.33. The lowest BCUT2D eigenvalue weighted by atomic mass is 10.2. The van der Waals surface area contributed by atoms with Crippen molar-refractivity contribution >= 4 is 23.6 Å². The van der Waals surface area contributed by atoms with E-state index in [9.17, 15) is 14.4 Å². The van der Waals surface area contributed by atoms with E-state index < -0.39 is 11.8 Å². The molecule has 0 saturated carbocycles. The number of nitrogens with zero attached hydrogens (tertiary/aromatic N) is 1. The van der Waals surface area contributed by atoms with Gasteiger partial charge in [-0.3, -0.25) is 9.69 Å². The lowest BCUT2D eigenvalue weighted by molar-refractivity contribution is -0.149. The lowest BCUT2D eigenvalue weighted by Crippen LogP contribution is -2.48. The van der Waals surface area contributed by atoms with Crippen LogP contribution in [0.15, 0.2) is 24.7 Å². The zero-order valence-electron chi connectivity index (χ0n) is 9.87. The number of hydrogen-bond donors (Lipinski definition) is 0. The number of rotatable bonds is 3. The number of fused-ring (bicyclic) bond motifs is 1. The Kier molecular flexibility index (Phi) is 2.74. The Morgan fingerprint density at radius 1 is 1.53 bits per heavy atom. The van der Waals surface area contributed by atoms with E-state index in [0.717, 1.165) is 0 Å². The molecule has 3 heterocycles. The first-order valence-corrected chi connectivity index (χ1v) is 6.45. The molecule has 3 rings (SSSR count). The number of ether oxygens (including phenoxy) is 1. The van der Waals surface area contributed by atoms with Crippen LogP contribution in [-0.4, -0.2) is 22.2 Å². The van der Waals surface area contributed by atoms with Crippen LogP contribution >= 0.6 is 11.8 Å². The second-order valence-electron chi connectivity index (χ2n) is 4.07. The third-order valence-electron chi connectivity index (χ3n) is 2.88. The lowest BCUT2D eigenvalue weighted by Gasteiger charge is -2.34. The molecule has 1 aromatic heterocycles. The second kappa shape index (κ2) is 4.30. The fraction of sp³-hybridized carbons (Fsp3) is 0.364. The normalized spacial score (nSPS) is 20.9. The largest absolute Gasteiger partial charge is 0.519 e. The van der Waals surface area contributed by atoms with Crippen LogP contribution in [0.25, 0.3) is 0 Å². The molecule has 0 unspecified atom stereocenters. The SMILES string of the molecule is Cc1oc(=O)oc1COC(=O)C1=CS[C@@H]2CC(=O)N12. The molecule has 1 atom stereocenters. The van der Waals surface area contributed by atoms with E-state index in [0.29, 0.717) is 6.42 Å². The molecule has 0 spiro atoms. The van der Waals surface area contributed by atoms with Crippen molar-refractivity contribution in [2.24, 2.45) is 0 Å². The third-order valence-corrected chi connectivity index (χ3v) is 3.93. The van der Waals surface area contributed by atoms with E-state index in [1.807, 2.05) is 0 Å². The van der Waals surface area contributed by atoms with Gasteiger partial charge in [-0.25, -0.2) is 9.59 Å². The van der Waals surface area contributed by atoms with Gasteiger partial charge in [-0.2, -0.15) is 0 Å². The number of esters is 1. The highest BCUT2D eigenvalue weighted by atomic mass is 32.2. The molecule has 1 amide bonds. The van der Waals surface area contributed by atoms with Gasteiger partial charge in [0.1, 0.15) is 5.70 Å².